The fraction of sp³-hybridized carbons (Fsp3) is 0. The molecule has 0 aliphatic heterocycles. The van der Waals surface area contributed by atoms with Crippen LogP contribution in [-0.4, -0.2) is 0 Å². The molecule has 2 heteroatoms. The molecule has 15 heavy (non-hydrogen) atoms. The van der Waals surface area contributed by atoms with E-state index in [4.69, 9.17) is 0 Å². The van der Waals surface area contributed by atoms with Crippen LogP contribution in [-0.2, 0) is 0 Å². The van der Waals surface area contributed by atoms with E-state index in [9.17, 15) is 0 Å². The number of benzene rings is 1. The predicted molar refractivity (Wildman–Crippen MR) is 65.2 cm³/mol. The van der Waals surface area contributed by atoms with Gasteiger partial charge in [-0.25, -0.2) is 0 Å². The predicted octanol–water partition coefficient (Wildman–Crippen LogP) is 3.26. The molecule has 0 amide bonds. The number of rotatable bonds is 2. The van der Waals surface area contributed by atoms with Gasteiger partial charge in [0.2, 0.25) is 5.70 Å². The highest BCUT2D eigenvalue weighted by atomic mass is 79.9. The van der Waals surface area contributed by atoms with E-state index in [-0.39, 0.29) is 0 Å². The van der Waals surface area contributed by atoms with Gasteiger partial charge >= 0.3 is 0 Å². The average molecular weight is 261 g/mol. The van der Waals surface area contributed by atoms with Crippen molar-refractivity contribution in [3.05, 3.63) is 71.5 Å². The maximum atomic E-state index is 4.08. The van der Waals surface area contributed by atoms with E-state index in [1.807, 2.05) is 53.4 Å². The lowest BCUT2D eigenvalue weighted by atomic mass is 10.2. The molecule has 0 atom stereocenters. The van der Waals surface area contributed by atoms with Crippen LogP contribution in [0.2, 0.25) is 0 Å². The van der Waals surface area contributed by atoms with Gasteiger partial charge in [0.1, 0.15) is 0 Å². The zero-order valence-corrected chi connectivity index (χ0v) is 9.81. The topological polar surface area (TPSA) is 3.88 Å². The van der Waals surface area contributed by atoms with E-state index in [0.29, 0.717) is 0 Å². The molecule has 74 valence electrons. The molecule has 0 saturated carbocycles. The van der Waals surface area contributed by atoms with Crippen molar-refractivity contribution in [2.24, 2.45) is 0 Å². The third-order valence-electron chi connectivity index (χ3n) is 2.19. The van der Waals surface area contributed by atoms with Gasteiger partial charge in [-0.1, -0.05) is 28.1 Å². The van der Waals surface area contributed by atoms with Crippen molar-refractivity contribution in [2.45, 2.75) is 0 Å². The highest BCUT2D eigenvalue weighted by molar-refractivity contribution is 9.10. The Morgan fingerprint density at radius 2 is 1.80 bits per heavy atom. The Balaban J connectivity index is 2.37. The van der Waals surface area contributed by atoms with E-state index in [2.05, 4.69) is 28.6 Å². The van der Waals surface area contributed by atoms with E-state index >= 15 is 0 Å². The van der Waals surface area contributed by atoms with Crippen molar-refractivity contribution in [1.29, 1.82) is 0 Å². The molecule has 0 N–H and O–H groups in total. The first-order valence-corrected chi connectivity index (χ1v) is 5.48. The molecular weight excluding hydrogens is 250 g/mol. The smallest absolute Gasteiger partial charge is 0.167 e. The van der Waals surface area contributed by atoms with Crippen LogP contribution in [0.25, 0.3) is 5.70 Å². The highest BCUT2D eigenvalue weighted by Crippen LogP contribution is 2.15. The molecule has 2 aromatic rings. The number of aromatic nitrogens is 1. The molecule has 0 radical (unpaired) electrons. The Bertz CT molecular complexity index is 477. The largest absolute Gasteiger partial charge is 0.210 e. The summed E-state index contributed by atoms with van der Waals surface area (Å²) in [5.74, 6) is 0. The Hall–Kier alpha value is -1.41. The first-order valence-electron chi connectivity index (χ1n) is 4.69. The molecule has 2 rings (SSSR count). The van der Waals surface area contributed by atoms with Crippen LogP contribution in [0.15, 0.2) is 65.9 Å². The second-order valence-electron chi connectivity index (χ2n) is 3.24. The zero-order valence-electron chi connectivity index (χ0n) is 8.23. The monoisotopic (exact) mass is 260 g/mol. The molecule has 0 saturated heterocycles. The number of pyridine rings is 1. The Morgan fingerprint density at radius 1 is 1.07 bits per heavy atom. The van der Waals surface area contributed by atoms with Gasteiger partial charge in [0.25, 0.3) is 0 Å². The molecule has 1 aromatic carbocycles. The fourth-order valence-corrected chi connectivity index (χ4v) is 1.79. The minimum absolute atomic E-state index is 0.969. The van der Waals surface area contributed by atoms with E-state index < -0.39 is 0 Å². The number of hydrogen-bond acceptors (Lipinski definition) is 0. The van der Waals surface area contributed by atoms with Crippen LogP contribution in [0, 0.1) is 0 Å². The molecule has 0 unspecified atom stereocenters. The van der Waals surface area contributed by atoms with Crippen molar-refractivity contribution in [2.75, 3.05) is 0 Å². The summed E-state index contributed by atoms with van der Waals surface area (Å²) in [6, 6.07) is 14.1. The van der Waals surface area contributed by atoms with E-state index in [0.717, 1.165) is 15.7 Å². The van der Waals surface area contributed by atoms with Crippen molar-refractivity contribution < 1.29 is 4.57 Å². The zero-order chi connectivity index (χ0) is 10.7. The average Bonchev–Trinajstić information content (AvgIpc) is 2.29. The van der Waals surface area contributed by atoms with E-state index in [1.165, 1.54) is 0 Å². The molecular formula is C13H11BrN+. The Kier molecular flexibility index (Phi) is 2.97. The summed E-state index contributed by atoms with van der Waals surface area (Å²) >= 11 is 3.45. The van der Waals surface area contributed by atoms with Gasteiger partial charge < -0.3 is 0 Å². The van der Waals surface area contributed by atoms with Crippen LogP contribution < -0.4 is 4.57 Å². The summed E-state index contributed by atoms with van der Waals surface area (Å²) in [4.78, 5) is 0. The second-order valence-corrected chi connectivity index (χ2v) is 4.16. The minimum Gasteiger partial charge on any atom is -0.167 e. The van der Waals surface area contributed by atoms with Gasteiger partial charge in [0.05, 0.1) is 0 Å². The van der Waals surface area contributed by atoms with Gasteiger partial charge in [0, 0.05) is 22.2 Å². The third-order valence-corrected chi connectivity index (χ3v) is 2.68. The maximum Gasteiger partial charge on any atom is 0.210 e. The van der Waals surface area contributed by atoms with Crippen molar-refractivity contribution in [3.63, 3.8) is 0 Å². The molecule has 0 aliphatic rings. The first-order chi connectivity index (χ1) is 7.27. The van der Waals surface area contributed by atoms with Crippen LogP contribution in [0.1, 0.15) is 5.56 Å². The van der Waals surface area contributed by atoms with Crippen LogP contribution in [0.4, 0.5) is 0 Å². The Labute approximate surface area is 97.8 Å². The summed E-state index contributed by atoms with van der Waals surface area (Å²) in [6.45, 7) is 4.08. The van der Waals surface area contributed by atoms with Crippen LogP contribution in [0.5, 0.6) is 0 Å². The third kappa shape index (κ3) is 2.34. The second kappa shape index (κ2) is 4.41. The molecule has 1 aromatic heterocycles. The van der Waals surface area contributed by atoms with Crippen LogP contribution in [0.3, 0.4) is 0 Å². The summed E-state index contributed by atoms with van der Waals surface area (Å²) in [7, 11) is 0. The fourth-order valence-electron chi connectivity index (χ4n) is 1.40. The maximum absolute atomic E-state index is 4.08. The molecule has 0 spiro atoms. The van der Waals surface area contributed by atoms with Crippen LogP contribution >= 0.6 is 15.9 Å². The van der Waals surface area contributed by atoms with Gasteiger partial charge in [-0.05, 0) is 24.8 Å². The van der Waals surface area contributed by atoms with Crippen molar-refractivity contribution in [3.8, 4) is 0 Å². The highest BCUT2D eigenvalue weighted by Gasteiger charge is 2.08. The van der Waals surface area contributed by atoms with Gasteiger partial charge in [-0.3, -0.25) is 0 Å². The summed E-state index contributed by atoms with van der Waals surface area (Å²) < 4.78 is 3.07. The standard InChI is InChI=1S/C13H11BrN/c1-11(15-8-3-2-4-9-15)12-6-5-7-13(14)10-12/h2-10H,1H2/q+1. The van der Waals surface area contributed by atoms with Crippen molar-refractivity contribution in [1.82, 2.24) is 0 Å². The lowest BCUT2D eigenvalue weighted by molar-refractivity contribution is -0.578. The number of halogens is 1. The quantitative estimate of drug-likeness (QED) is 0.730. The molecule has 1 nitrogen and oxygen atoms in total. The molecule has 0 fully saturated rings. The summed E-state index contributed by atoms with van der Waals surface area (Å²) in [5, 5.41) is 0. The lowest BCUT2D eigenvalue weighted by Crippen LogP contribution is -2.30. The lowest BCUT2D eigenvalue weighted by Gasteiger charge is -2.00. The van der Waals surface area contributed by atoms with Gasteiger partial charge in [0.15, 0.2) is 12.4 Å². The normalized spacial score (nSPS) is 9.93. The number of nitrogens with zero attached hydrogens (tertiary/aromatic N) is 1. The minimum atomic E-state index is 0.969. The number of hydrogen-bond donors (Lipinski definition) is 0. The van der Waals surface area contributed by atoms with E-state index in [1.54, 1.807) is 0 Å². The Morgan fingerprint density at radius 3 is 2.47 bits per heavy atom. The van der Waals surface area contributed by atoms with Gasteiger partial charge in [-0.2, -0.15) is 4.57 Å². The SMILES string of the molecule is C=C(c1cccc(Br)c1)[n+]1ccccc1. The van der Waals surface area contributed by atoms with Crippen molar-refractivity contribution >= 4 is 21.6 Å². The molecule has 1 heterocycles. The summed E-state index contributed by atoms with van der Waals surface area (Å²) in [6.07, 6.45) is 3.98. The summed E-state index contributed by atoms with van der Waals surface area (Å²) in [5.41, 5.74) is 2.08. The first kappa shape index (κ1) is 10.1. The van der Waals surface area contributed by atoms with Gasteiger partial charge in [-0.15, -0.1) is 0 Å². The molecule has 0 aliphatic carbocycles. The molecule has 0 bridgehead atoms.